The molecule has 17 heavy (non-hydrogen) atoms. The Morgan fingerprint density at radius 3 is 2.65 bits per heavy atom. The van der Waals surface area contributed by atoms with Crippen molar-refractivity contribution in [2.24, 2.45) is 0 Å². The van der Waals surface area contributed by atoms with E-state index < -0.39 is 0 Å². The van der Waals surface area contributed by atoms with Gasteiger partial charge in [-0.25, -0.2) is 0 Å². The minimum atomic E-state index is 0.714. The van der Waals surface area contributed by atoms with Gasteiger partial charge in [0.15, 0.2) is 0 Å². The zero-order valence-electron chi connectivity index (χ0n) is 11.5. The van der Waals surface area contributed by atoms with Crippen molar-refractivity contribution in [3.63, 3.8) is 0 Å². The average Bonchev–Trinajstić information content (AvgIpc) is 2.56. The van der Waals surface area contributed by atoms with Crippen molar-refractivity contribution in [3.05, 3.63) is 12.2 Å². The Balaban J connectivity index is 1.76. The summed E-state index contributed by atoms with van der Waals surface area (Å²) >= 11 is 0. The van der Waals surface area contributed by atoms with Gasteiger partial charge >= 0.3 is 0 Å². The molecule has 2 aliphatic rings. The van der Waals surface area contributed by atoms with E-state index in [2.05, 4.69) is 36.2 Å². The van der Waals surface area contributed by atoms with E-state index >= 15 is 0 Å². The molecular formula is C15H28N2. The van der Waals surface area contributed by atoms with Crippen LogP contribution in [-0.2, 0) is 0 Å². The Bertz CT molecular complexity index is 247. The third kappa shape index (κ3) is 4.11. The van der Waals surface area contributed by atoms with Crippen molar-refractivity contribution in [1.82, 2.24) is 10.2 Å². The Labute approximate surface area is 106 Å². The van der Waals surface area contributed by atoms with Crippen LogP contribution in [0, 0.1) is 0 Å². The van der Waals surface area contributed by atoms with Crippen LogP contribution < -0.4 is 5.32 Å². The predicted octanol–water partition coefficient (Wildman–Crippen LogP) is 2.95. The fraction of sp³-hybridized carbons (Fsp3) is 0.867. The molecule has 0 amide bonds. The lowest BCUT2D eigenvalue weighted by Gasteiger charge is -2.27. The molecule has 0 spiro atoms. The van der Waals surface area contributed by atoms with Crippen LogP contribution in [0.4, 0.5) is 0 Å². The summed E-state index contributed by atoms with van der Waals surface area (Å²) in [5, 5.41) is 3.88. The van der Waals surface area contributed by atoms with Crippen LogP contribution in [0.25, 0.3) is 0 Å². The molecule has 2 atom stereocenters. The van der Waals surface area contributed by atoms with Gasteiger partial charge in [0, 0.05) is 18.1 Å². The Kier molecular flexibility index (Phi) is 5.05. The molecule has 1 heterocycles. The minimum Gasteiger partial charge on any atom is -0.311 e. The fourth-order valence-corrected chi connectivity index (χ4v) is 3.08. The van der Waals surface area contributed by atoms with E-state index in [0.29, 0.717) is 6.04 Å². The SMILES string of the molecule is CC(C)N1CCCC(NC2CC=CCC2)CC1. The number of nitrogens with one attached hydrogen (secondary N) is 1. The highest BCUT2D eigenvalue weighted by atomic mass is 15.1. The van der Waals surface area contributed by atoms with Crippen molar-refractivity contribution in [2.75, 3.05) is 13.1 Å². The monoisotopic (exact) mass is 236 g/mol. The maximum atomic E-state index is 3.88. The number of hydrogen-bond acceptors (Lipinski definition) is 2. The Hall–Kier alpha value is -0.340. The molecule has 1 fully saturated rings. The van der Waals surface area contributed by atoms with Crippen LogP contribution in [-0.4, -0.2) is 36.1 Å². The molecular weight excluding hydrogens is 208 g/mol. The molecule has 0 aromatic rings. The molecule has 1 saturated heterocycles. The summed E-state index contributed by atoms with van der Waals surface area (Å²) in [5.41, 5.74) is 0. The van der Waals surface area contributed by atoms with Gasteiger partial charge < -0.3 is 10.2 Å². The van der Waals surface area contributed by atoms with E-state index in [1.54, 1.807) is 0 Å². The summed E-state index contributed by atoms with van der Waals surface area (Å²) < 4.78 is 0. The first-order chi connectivity index (χ1) is 8.25. The van der Waals surface area contributed by atoms with E-state index in [0.717, 1.165) is 12.1 Å². The highest BCUT2D eigenvalue weighted by Gasteiger charge is 2.20. The van der Waals surface area contributed by atoms with Gasteiger partial charge in [-0.15, -0.1) is 0 Å². The molecule has 2 unspecified atom stereocenters. The molecule has 1 N–H and O–H groups in total. The highest BCUT2D eigenvalue weighted by molar-refractivity contribution is 4.94. The summed E-state index contributed by atoms with van der Waals surface area (Å²) in [6.45, 7) is 7.21. The molecule has 0 saturated carbocycles. The van der Waals surface area contributed by atoms with Gasteiger partial charge in [-0.2, -0.15) is 0 Å². The largest absolute Gasteiger partial charge is 0.311 e. The maximum absolute atomic E-state index is 3.88. The quantitative estimate of drug-likeness (QED) is 0.758. The molecule has 1 aliphatic heterocycles. The normalized spacial score (nSPS) is 31.7. The number of rotatable bonds is 3. The molecule has 2 heteroatoms. The number of likely N-dealkylation sites (tertiary alicyclic amines) is 1. The maximum Gasteiger partial charge on any atom is 0.0107 e. The van der Waals surface area contributed by atoms with Crippen LogP contribution >= 0.6 is 0 Å². The van der Waals surface area contributed by atoms with Crippen LogP contribution in [0.2, 0.25) is 0 Å². The summed E-state index contributed by atoms with van der Waals surface area (Å²) in [4.78, 5) is 2.63. The van der Waals surface area contributed by atoms with E-state index in [-0.39, 0.29) is 0 Å². The van der Waals surface area contributed by atoms with Crippen molar-refractivity contribution in [2.45, 2.75) is 70.5 Å². The second-order valence-corrected chi connectivity index (χ2v) is 5.91. The van der Waals surface area contributed by atoms with Crippen molar-refractivity contribution in [3.8, 4) is 0 Å². The van der Waals surface area contributed by atoms with Gasteiger partial charge in [0.05, 0.1) is 0 Å². The molecule has 0 aromatic heterocycles. The first-order valence-electron chi connectivity index (χ1n) is 7.41. The molecule has 0 aromatic carbocycles. The average molecular weight is 236 g/mol. The molecule has 98 valence electrons. The molecule has 1 aliphatic carbocycles. The van der Waals surface area contributed by atoms with Crippen molar-refractivity contribution in [1.29, 1.82) is 0 Å². The van der Waals surface area contributed by atoms with Crippen molar-refractivity contribution >= 4 is 0 Å². The van der Waals surface area contributed by atoms with Gasteiger partial charge in [-0.1, -0.05) is 12.2 Å². The summed E-state index contributed by atoms with van der Waals surface area (Å²) in [6, 6.07) is 2.22. The Morgan fingerprint density at radius 1 is 1.06 bits per heavy atom. The summed E-state index contributed by atoms with van der Waals surface area (Å²) in [7, 11) is 0. The van der Waals surface area contributed by atoms with Crippen LogP contribution in [0.15, 0.2) is 12.2 Å². The number of allylic oxidation sites excluding steroid dienone is 1. The minimum absolute atomic E-state index is 0.714. The standard InChI is InChI=1S/C15H28N2/c1-13(2)17-11-6-9-15(10-12-17)16-14-7-4-3-5-8-14/h3-4,13-16H,5-12H2,1-2H3. The van der Waals surface area contributed by atoms with Gasteiger partial charge in [-0.05, 0) is 65.5 Å². The third-order valence-electron chi connectivity index (χ3n) is 4.23. The lowest BCUT2D eigenvalue weighted by Crippen LogP contribution is -2.39. The second kappa shape index (κ2) is 6.55. The lowest BCUT2D eigenvalue weighted by molar-refractivity contribution is 0.228. The zero-order chi connectivity index (χ0) is 12.1. The van der Waals surface area contributed by atoms with Gasteiger partial charge in [0.2, 0.25) is 0 Å². The van der Waals surface area contributed by atoms with E-state index in [4.69, 9.17) is 0 Å². The fourth-order valence-electron chi connectivity index (χ4n) is 3.08. The van der Waals surface area contributed by atoms with Gasteiger partial charge in [0.1, 0.15) is 0 Å². The first kappa shape index (κ1) is 13.1. The summed E-state index contributed by atoms with van der Waals surface area (Å²) in [6.07, 6.45) is 12.6. The smallest absolute Gasteiger partial charge is 0.0107 e. The van der Waals surface area contributed by atoms with Crippen LogP contribution in [0.1, 0.15) is 52.4 Å². The van der Waals surface area contributed by atoms with Crippen LogP contribution in [0.3, 0.4) is 0 Å². The predicted molar refractivity (Wildman–Crippen MR) is 74.3 cm³/mol. The van der Waals surface area contributed by atoms with Crippen molar-refractivity contribution < 1.29 is 0 Å². The third-order valence-corrected chi connectivity index (χ3v) is 4.23. The second-order valence-electron chi connectivity index (χ2n) is 5.91. The van der Waals surface area contributed by atoms with Gasteiger partial charge in [0.25, 0.3) is 0 Å². The van der Waals surface area contributed by atoms with Gasteiger partial charge in [-0.3, -0.25) is 0 Å². The first-order valence-corrected chi connectivity index (χ1v) is 7.41. The zero-order valence-corrected chi connectivity index (χ0v) is 11.5. The molecule has 0 bridgehead atoms. The Morgan fingerprint density at radius 2 is 1.94 bits per heavy atom. The molecule has 0 radical (unpaired) electrons. The molecule has 2 rings (SSSR count). The molecule has 2 nitrogen and oxygen atoms in total. The van der Waals surface area contributed by atoms with E-state index in [1.165, 1.54) is 51.6 Å². The number of nitrogens with zero attached hydrogens (tertiary/aromatic N) is 1. The number of hydrogen-bond donors (Lipinski definition) is 1. The topological polar surface area (TPSA) is 15.3 Å². The van der Waals surface area contributed by atoms with E-state index in [1.807, 2.05) is 0 Å². The lowest BCUT2D eigenvalue weighted by atomic mass is 9.99. The van der Waals surface area contributed by atoms with E-state index in [9.17, 15) is 0 Å². The highest BCUT2D eigenvalue weighted by Crippen LogP contribution is 2.17. The van der Waals surface area contributed by atoms with Crippen LogP contribution in [0.5, 0.6) is 0 Å². The summed E-state index contributed by atoms with van der Waals surface area (Å²) in [5.74, 6) is 0.